The second kappa shape index (κ2) is 6.25. The summed E-state index contributed by atoms with van der Waals surface area (Å²) in [5.41, 5.74) is 0.560. The van der Waals surface area contributed by atoms with Gasteiger partial charge in [0.25, 0.3) is 5.91 Å². The van der Waals surface area contributed by atoms with Crippen LogP contribution in [0.2, 0.25) is 5.02 Å². The number of hydrogen-bond donors (Lipinski definition) is 0. The minimum Gasteiger partial charge on any atom is -0.341 e. The van der Waals surface area contributed by atoms with Crippen LogP contribution in [-0.4, -0.2) is 49.4 Å². The van der Waals surface area contributed by atoms with Gasteiger partial charge < -0.3 is 9.80 Å². The van der Waals surface area contributed by atoms with E-state index in [4.69, 9.17) is 11.6 Å². The van der Waals surface area contributed by atoms with Crippen LogP contribution in [0.1, 0.15) is 16.8 Å². The highest BCUT2D eigenvalue weighted by molar-refractivity contribution is 9.10. The first-order chi connectivity index (χ1) is 8.97. The fourth-order valence-electron chi connectivity index (χ4n) is 2.51. The molecule has 3 nitrogen and oxygen atoms in total. The summed E-state index contributed by atoms with van der Waals surface area (Å²) in [6.45, 7) is 2.96. The number of nitrogens with zero attached hydrogens (tertiary/aromatic N) is 2. The van der Waals surface area contributed by atoms with Gasteiger partial charge in [0.15, 0.2) is 0 Å². The van der Waals surface area contributed by atoms with Crippen molar-refractivity contribution in [2.75, 3.05) is 33.7 Å². The van der Waals surface area contributed by atoms with Gasteiger partial charge in [0, 0.05) is 24.6 Å². The lowest BCUT2D eigenvalue weighted by molar-refractivity contribution is 0.0774. The van der Waals surface area contributed by atoms with E-state index < -0.39 is 0 Å². The van der Waals surface area contributed by atoms with Gasteiger partial charge in [0.1, 0.15) is 0 Å². The summed E-state index contributed by atoms with van der Waals surface area (Å²) in [6.07, 6.45) is 1.15. The fourth-order valence-corrected chi connectivity index (χ4v) is 3.07. The standard InChI is InChI=1S/C14H18BrClN2O/c1-17-6-5-10(8-17)9-18(2)14(19)12-7-11(15)3-4-13(12)16/h3-4,7,10H,5-6,8-9H2,1-2H3. The second-order valence-electron chi connectivity index (χ2n) is 5.23. The SMILES string of the molecule is CN1CCC(CN(C)C(=O)c2cc(Br)ccc2Cl)C1. The quantitative estimate of drug-likeness (QED) is 0.840. The van der Waals surface area contributed by atoms with E-state index in [-0.39, 0.29) is 5.91 Å². The van der Waals surface area contributed by atoms with E-state index in [1.165, 1.54) is 0 Å². The maximum atomic E-state index is 12.4. The van der Waals surface area contributed by atoms with E-state index >= 15 is 0 Å². The molecule has 1 aromatic carbocycles. The summed E-state index contributed by atoms with van der Waals surface area (Å²) < 4.78 is 0.870. The first-order valence-electron chi connectivity index (χ1n) is 6.36. The highest BCUT2D eigenvalue weighted by atomic mass is 79.9. The summed E-state index contributed by atoms with van der Waals surface area (Å²) in [5, 5.41) is 0.503. The average Bonchev–Trinajstić information content (AvgIpc) is 2.77. The molecule has 2 rings (SSSR count). The van der Waals surface area contributed by atoms with Crippen molar-refractivity contribution in [3.8, 4) is 0 Å². The summed E-state index contributed by atoms with van der Waals surface area (Å²) in [4.78, 5) is 16.5. The van der Waals surface area contributed by atoms with Crippen molar-refractivity contribution in [2.45, 2.75) is 6.42 Å². The second-order valence-corrected chi connectivity index (χ2v) is 6.55. The summed E-state index contributed by atoms with van der Waals surface area (Å²) >= 11 is 9.47. The van der Waals surface area contributed by atoms with Crippen molar-refractivity contribution >= 4 is 33.4 Å². The van der Waals surface area contributed by atoms with E-state index in [2.05, 4.69) is 27.9 Å². The van der Waals surface area contributed by atoms with Crippen molar-refractivity contribution < 1.29 is 4.79 Å². The number of hydrogen-bond acceptors (Lipinski definition) is 2. The topological polar surface area (TPSA) is 23.6 Å². The molecule has 0 aromatic heterocycles. The predicted molar refractivity (Wildman–Crippen MR) is 81.7 cm³/mol. The molecule has 0 radical (unpaired) electrons. The first kappa shape index (κ1) is 14.8. The summed E-state index contributed by atoms with van der Waals surface area (Å²) in [7, 11) is 3.96. The van der Waals surface area contributed by atoms with Gasteiger partial charge in [0.05, 0.1) is 10.6 Å². The molecule has 1 unspecified atom stereocenters. The van der Waals surface area contributed by atoms with Crippen LogP contribution in [0.4, 0.5) is 0 Å². The van der Waals surface area contributed by atoms with Crippen LogP contribution in [0.25, 0.3) is 0 Å². The number of likely N-dealkylation sites (tertiary alicyclic amines) is 1. The van der Waals surface area contributed by atoms with Gasteiger partial charge in [-0.25, -0.2) is 0 Å². The van der Waals surface area contributed by atoms with Crippen LogP contribution in [0.15, 0.2) is 22.7 Å². The smallest absolute Gasteiger partial charge is 0.255 e. The third kappa shape index (κ3) is 3.71. The van der Waals surface area contributed by atoms with Crippen molar-refractivity contribution in [1.29, 1.82) is 0 Å². The number of carbonyl (C=O) groups excluding carboxylic acids is 1. The number of rotatable bonds is 3. The van der Waals surface area contributed by atoms with E-state index in [0.29, 0.717) is 16.5 Å². The molecule has 5 heteroatoms. The number of amides is 1. The molecule has 1 fully saturated rings. The fraction of sp³-hybridized carbons (Fsp3) is 0.500. The molecule has 1 aliphatic heterocycles. The molecule has 19 heavy (non-hydrogen) atoms. The first-order valence-corrected chi connectivity index (χ1v) is 7.53. The predicted octanol–water partition coefficient (Wildman–Crippen LogP) is 3.13. The number of benzene rings is 1. The molecule has 0 bridgehead atoms. The van der Waals surface area contributed by atoms with E-state index in [9.17, 15) is 4.79 Å². The molecule has 0 saturated carbocycles. The van der Waals surface area contributed by atoms with Crippen LogP contribution >= 0.6 is 27.5 Å². The van der Waals surface area contributed by atoms with Crippen LogP contribution in [0, 0.1) is 5.92 Å². The number of halogens is 2. The van der Waals surface area contributed by atoms with Gasteiger partial charge in [0.2, 0.25) is 0 Å². The molecule has 0 spiro atoms. The monoisotopic (exact) mass is 344 g/mol. The third-order valence-electron chi connectivity index (χ3n) is 3.53. The highest BCUT2D eigenvalue weighted by Gasteiger charge is 2.23. The molecule has 1 saturated heterocycles. The lowest BCUT2D eigenvalue weighted by Crippen LogP contribution is -2.33. The Bertz CT molecular complexity index is 481. The molecule has 1 aromatic rings. The van der Waals surface area contributed by atoms with Crippen molar-refractivity contribution in [1.82, 2.24) is 9.80 Å². The third-order valence-corrected chi connectivity index (χ3v) is 4.35. The van der Waals surface area contributed by atoms with Gasteiger partial charge in [-0.15, -0.1) is 0 Å². The zero-order valence-corrected chi connectivity index (χ0v) is 13.5. The van der Waals surface area contributed by atoms with E-state index in [1.807, 2.05) is 13.1 Å². The Balaban J connectivity index is 2.04. The van der Waals surface area contributed by atoms with Crippen molar-refractivity contribution in [3.05, 3.63) is 33.3 Å². The van der Waals surface area contributed by atoms with Gasteiger partial charge in [-0.3, -0.25) is 4.79 Å². The highest BCUT2D eigenvalue weighted by Crippen LogP contribution is 2.23. The zero-order valence-electron chi connectivity index (χ0n) is 11.2. The Kier molecular flexibility index (Phi) is 4.87. The molecule has 1 heterocycles. The molecule has 0 N–H and O–H groups in total. The summed E-state index contributed by atoms with van der Waals surface area (Å²) in [5.74, 6) is 0.547. The maximum Gasteiger partial charge on any atom is 0.255 e. The molecular formula is C14H18BrClN2O. The molecule has 104 valence electrons. The normalized spacial score (nSPS) is 19.7. The minimum atomic E-state index is -0.0131. The molecule has 1 aliphatic rings. The van der Waals surface area contributed by atoms with Crippen LogP contribution in [-0.2, 0) is 0 Å². The Hall–Kier alpha value is -0.580. The van der Waals surface area contributed by atoms with Gasteiger partial charge in [-0.1, -0.05) is 27.5 Å². The minimum absolute atomic E-state index is 0.0131. The van der Waals surface area contributed by atoms with Crippen molar-refractivity contribution in [3.63, 3.8) is 0 Å². The van der Waals surface area contributed by atoms with Gasteiger partial charge in [-0.05, 0) is 44.1 Å². The molecular weight excluding hydrogens is 328 g/mol. The summed E-state index contributed by atoms with van der Waals surface area (Å²) in [6, 6.07) is 5.36. The molecule has 1 atom stereocenters. The lowest BCUT2D eigenvalue weighted by Gasteiger charge is -2.21. The number of carbonyl (C=O) groups is 1. The van der Waals surface area contributed by atoms with E-state index in [1.54, 1.807) is 17.0 Å². The van der Waals surface area contributed by atoms with Crippen molar-refractivity contribution in [2.24, 2.45) is 5.92 Å². The maximum absolute atomic E-state index is 12.4. The van der Waals surface area contributed by atoms with Crippen LogP contribution < -0.4 is 0 Å². The Labute approximate surface area is 127 Å². The molecule has 1 amide bonds. The average molecular weight is 346 g/mol. The van der Waals surface area contributed by atoms with E-state index in [0.717, 1.165) is 30.5 Å². The van der Waals surface area contributed by atoms with Gasteiger partial charge >= 0.3 is 0 Å². The van der Waals surface area contributed by atoms with Crippen LogP contribution in [0.3, 0.4) is 0 Å². The van der Waals surface area contributed by atoms with Crippen LogP contribution in [0.5, 0.6) is 0 Å². The zero-order chi connectivity index (χ0) is 14.0. The Morgan fingerprint density at radius 3 is 2.95 bits per heavy atom. The Morgan fingerprint density at radius 2 is 2.32 bits per heavy atom. The largest absolute Gasteiger partial charge is 0.341 e. The molecule has 0 aliphatic carbocycles. The Morgan fingerprint density at radius 1 is 1.58 bits per heavy atom. The van der Waals surface area contributed by atoms with Gasteiger partial charge in [-0.2, -0.15) is 0 Å². The lowest BCUT2D eigenvalue weighted by atomic mass is 10.1.